The Kier molecular flexibility index (Phi) is 4.20. The van der Waals surface area contributed by atoms with Crippen LogP contribution >= 0.6 is 34.8 Å². The summed E-state index contributed by atoms with van der Waals surface area (Å²) >= 11 is 17.4. The molecule has 0 aliphatic heterocycles. The molecule has 2 rings (SSSR count). The minimum absolute atomic E-state index is 0.0505. The van der Waals surface area contributed by atoms with E-state index in [9.17, 15) is 9.90 Å². The lowest BCUT2D eigenvalue weighted by Crippen LogP contribution is -2.11. The number of carbonyl (C=O) groups is 1. The molecule has 0 fully saturated rings. The lowest BCUT2D eigenvalue weighted by atomic mass is 10.2. The van der Waals surface area contributed by atoms with Gasteiger partial charge in [0.15, 0.2) is 0 Å². The zero-order chi connectivity index (χ0) is 14.0. The molecule has 0 spiro atoms. The molecular formula is C13H8Cl3NO2. The highest BCUT2D eigenvalue weighted by Crippen LogP contribution is 2.26. The highest BCUT2D eigenvalue weighted by atomic mass is 35.5. The molecule has 19 heavy (non-hydrogen) atoms. The summed E-state index contributed by atoms with van der Waals surface area (Å²) in [6.45, 7) is 0. The second kappa shape index (κ2) is 5.70. The van der Waals surface area contributed by atoms with Crippen LogP contribution in [0, 0.1) is 0 Å². The number of halogens is 3. The molecule has 0 bridgehead atoms. The number of aromatic hydroxyl groups is 1. The summed E-state index contributed by atoms with van der Waals surface area (Å²) in [6.07, 6.45) is 0. The maximum absolute atomic E-state index is 12.0. The summed E-state index contributed by atoms with van der Waals surface area (Å²) < 4.78 is 0. The van der Waals surface area contributed by atoms with Crippen molar-refractivity contribution >= 4 is 46.4 Å². The Morgan fingerprint density at radius 3 is 2.21 bits per heavy atom. The van der Waals surface area contributed by atoms with E-state index in [1.54, 1.807) is 0 Å². The number of carbonyl (C=O) groups excluding carboxylic acids is 1. The first kappa shape index (κ1) is 14.0. The van der Waals surface area contributed by atoms with Gasteiger partial charge in [-0.3, -0.25) is 4.79 Å². The third-order valence-corrected chi connectivity index (χ3v) is 3.07. The summed E-state index contributed by atoms with van der Waals surface area (Å²) in [5, 5.41) is 12.8. The molecule has 98 valence electrons. The highest BCUT2D eigenvalue weighted by Gasteiger charge is 2.09. The number of nitrogens with one attached hydrogen (secondary N) is 1. The molecule has 1 amide bonds. The first-order valence-corrected chi connectivity index (χ1v) is 6.35. The predicted octanol–water partition coefficient (Wildman–Crippen LogP) is 4.60. The third-order valence-electron chi connectivity index (χ3n) is 2.33. The van der Waals surface area contributed by atoms with E-state index < -0.39 is 0 Å². The third kappa shape index (κ3) is 3.53. The molecule has 0 saturated carbocycles. The summed E-state index contributed by atoms with van der Waals surface area (Å²) in [5.41, 5.74) is 0.797. The molecular weight excluding hydrogens is 309 g/mol. The summed E-state index contributed by atoms with van der Waals surface area (Å²) in [6, 6.07) is 8.92. The number of amides is 1. The Morgan fingerprint density at radius 1 is 1.00 bits per heavy atom. The van der Waals surface area contributed by atoms with Crippen molar-refractivity contribution in [2.45, 2.75) is 0 Å². The van der Waals surface area contributed by atoms with Crippen LogP contribution in [-0.2, 0) is 0 Å². The number of hydrogen-bond acceptors (Lipinski definition) is 2. The van der Waals surface area contributed by atoms with Crippen molar-refractivity contribution in [3.63, 3.8) is 0 Å². The van der Waals surface area contributed by atoms with Crippen molar-refractivity contribution in [2.24, 2.45) is 0 Å². The van der Waals surface area contributed by atoms with E-state index in [1.165, 1.54) is 36.4 Å². The minimum atomic E-state index is -0.369. The molecule has 0 unspecified atom stereocenters. The molecule has 3 nitrogen and oxygen atoms in total. The van der Waals surface area contributed by atoms with Crippen LogP contribution in [-0.4, -0.2) is 11.0 Å². The van der Waals surface area contributed by atoms with Gasteiger partial charge in [-0.2, -0.15) is 0 Å². The second-order valence-corrected chi connectivity index (χ2v) is 5.06. The summed E-state index contributed by atoms with van der Waals surface area (Å²) in [7, 11) is 0. The normalized spacial score (nSPS) is 10.3. The number of anilines is 1. The van der Waals surface area contributed by atoms with E-state index in [0.29, 0.717) is 21.3 Å². The van der Waals surface area contributed by atoms with Crippen molar-refractivity contribution < 1.29 is 9.90 Å². The smallest absolute Gasteiger partial charge is 0.255 e. The Hall–Kier alpha value is -1.42. The Morgan fingerprint density at radius 2 is 1.63 bits per heavy atom. The van der Waals surface area contributed by atoms with E-state index in [2.05, 4.69) is 5.32 Å². The fraction of sp³-hybridized carbons (Fsp3) is 0. The Bertz CT molecular complexity index is 624. The molecule has 0 saturated heterocycles. The molecule has 0 atom stereocenters. The maximum Gasteiger partial charge on any atom is 0.255 e. The molecule has 2 aromatic rings. The molecule has 0 heterocycles. The summed E-state index contributed by atoms with van der Waals surface area (Å²) in [4.78, 5) is 12.0. The lowest BCUT2D eigenvalue weighted by molar-refractivity contribution is 0.102. The standard InChI is InChI=1S/C13H8Cl3NO2/c14-8-3-7(4-9(15)5-8)13(19)17-10-1-2-12(18)11(16)6-10/h1-6,18H,(H,17,19). The van der Waals surface area contributed by atoms with E-state index >= 15 is 0 Å². The highest BCUT2D eigenvalue weighted by molar-refractivity contribution is 6.35. The van der Waals surface area contributed by atoms with Gasteiger partial charge in [-0.25, -0.2) is 0 Å². The fourth-order valence-corrected chi connectivity index (χ4v) is 2.18. The largest absolute Gasteiger partial charge is 0.506 e. The average molecular weight is 317 g/mol. The molecule has 2 aromatic carbocycles. The van der Waals surface area contributed by atoms with E-state index in [-0.39, 0.29) is 16.7 Å². The van der Waals surface area contributed by atoms with Crippen LogP contribution in [0.3, 0.4) is 0 Å². The molecule has 0 aromatic heterocycles. The van der Waals surface area contributed by atoms with Crippen LogP contribution < -0.4 is 5.32 Å². The van der Waals surface area contributed by atoms with Crippen LogP contribution in [0.4, 0.5) is 5.69 Å². The average Bonchev–Trinajstić information content (AvgIpc) is 2.32. The van der Waals surface area contributed by atoms with Crippen molar-refractivity contribution in [3.8, 4) is 5.75 Å². The molecule has 0 radical (unpaired) electrons. The van der Waals surface area contributed by atoms with Crippen LogP contribution in [0.2, 0.25) is 15.1 Å². The van der Waals surface area contributed by atoms with E-state index in [0.717, 1.165) is 0 Å². The van der Waals surface area contributed by atoms with Crippen molar-refractivity contribution in [3.05, 3.63) is 57.0 Å². The monoisotopic (exact) mass is 315 g/mol. The zero-order valence-corrected chi connectivity index (χ0v) is 11.7. The van der Waals surface area contributed by atoms with E-state index in [4.69, 9.17) is 34.8 Å². The molecule has 6 heteroatoms. The second-order valence-electron chi connectivity index (χ2n) is 3.78. The Labute approximate surface area is 124 Å². The van der Waals surface area contributed by atoms with Gasteiger partial charge in [0, 0.05) is 21.3 Å². The zero-order valence-electron chi connectivity index (χ0n) is 9.45. The first-order chi connectivity index (χ1) is 8.95. The van der Waals surface area contributed by atoms with Gasteiger partial charge < -0.3 is 10.4 Å². The van der Waals surface area contributed by atoms with Crippen LogP contribution in [0.1, 0.15) is 10.4 Å². The predicted molar refractivity (Wildman–Crippen MR) is 77.5 cm³/mol. The Balaban J connectivity index is 2.22. The van der Waals surface area contributed by atoms with Gasteiger partial charge in [-0.1, -0.05) is 34.8 Å². The van der Waals surface area contributed by atoms with Crippen molar-refractivity contribution in [1.29, 1.82) is 0 Å². The van der Waals surface area contributed by atoms with Crippen LogP contribution in [0.25, 0.3) is 0 Å². The topological polar surface area (TPSA) is 49.3 Å². The quantitative estimate of drug-likeness (QED) is 0.795. The number of phenols is 1. The SMILES string of the molecule is O=C(Nc1ccc(O)c(Cl)c1)c1cc(Cl)cc(Cl)c1. The van der Waals surface area contributed by atoms with Gasteiger partial charge in [0.05, 0.1) is 5.02 Å². The van der Waals surface area contributed by atoms with Gasteiger partial charge in [0.25, 0.3) is 5.91 Å². The van der Waals surface area contributed by atoms with Crippen molar-refractivity contribution in [2.75, 3.05) is 5.32 Å². The van der Waals surface area contributed by atoms with Gasteiger partial charge in [-0.05, 0) is 36.4 Å². The number of rotatable bonds is 2. The lowest BCUT2D eigenvalue weighted by Gasteiger charge is -2.07. The maximum atomic E-state index is 12.0. The van der Waals surface area contributed by atoms with Gasteiger partial charge in [0.1, 0.15) is 5.75 Å². The van der Waals surface area contributed by atoms with Gasteiger partial charge in [-0.15, -0.1) is 0 Å². The minimum Gasteiger partial charge on any atom is -0.506 e. The van der Waals surface area contributed by atoms with E-state index in [1.807, 2.05) is 0 Å². The van der Waals surface area contributed by atoms with Crippen molar-refractivity contribution in [1.82, 2.24) is 0 Å². The molecule has 0 aliphatic carbocycles. The van der Waals surface area contributed by atoms with Crippen LogP contribution in [0.15, 0.2) is 36.4 Å². The van der Waals surface area contributed by atoms with Gasteiger partial charge in [0.2, 0.25) is 0 Å². The number of hydrogen-bond donors (Lipinski definition) is 2. The summed E-state index contributed by atoms with van der Waals surface area (Å²) in [5.74, 6) is -0.420. The fourth-order valence-electron chi connectivity index (χ4n) is 1.47. The number of phenolic OH excluding ortho intramolecular Hbond substituents is 1. The van der Waals surface area contributed by atoms with Crippen LogP contribution in [0.5, 0.6) is 5.75 Å². The van der Waals surface area contributed by atoms with Gasteiger partial charge >= 0.3 is 0 Å². The number of benzene rings is 2. The first-order valence-electron chi connectivity index (χ1n) is 5.21. The molecule has 2 N–H and O–H groups in total. The molecule has 0 aliphatic rings.